The lowest BCUT2D eigenvalue weighted by molar-refractivity contribution is 1.57. The van der Waals surface area contributed by atoms with E-state index in [0.717, 1.165) is 0 Å². The van der Waals surface area contributed by atoms with Gasteiger partial charge in [0.15, 0.2) is 7.57 Å². The van der Waals surface area contributed by atoms with E-state index in [0.29, 0.717) is 0 Å². The standard InChI is InChI=1S/C2H5BNPS/c1-6-5(3)2-4/h3H2,1H3. The maximum Gasteiger partial charge on any atom is 0.166 e. The van der Waals surface area contributed by atoms with E-state index in [1.165, 1.54) is 0 Å². The van der Waals surface area contributed by atoms with Gasteiger partial charge in [0.05, 0.1) is 5.81 Å². The Morgan fingerprint density at radius 2 is 2.50 bits per heavy atom. The molecule has 0 saturated heterocycles. The lowest BCUT2D eigenvalue weighted by atomic mass is 10.8. The van der Waals surface area contributed by atoms with Crippen molar-refractivity contribution in [3.8, 4) is 5.81 Å². The van der Waals surface area contributed by atoms with E-state index in [1.807, 2.05) is 13.8 Å². The van der Waals surface area contributed by atoms with Crippen LogP contribution in [0.25, 0.3) is 0 Å². The highest BCUT2D eigenvalue weighted by Crippen LogP contribution is 2.40. The van der Waals surface area contributed by atoms with Crippen LogP contribution in [-0.4, -0.2) is 13.8 Å². The lowest BCUT2D eigenvalue weighted by Gasteiger charge is -1.87. The fourth-order valence-electron chi connectivity index (χ4n) is 0.0408. The third-order valence-corrected chi connectivity index (χ3v) is 3.13. The quantitative estimate of drug-likeness (QED) is 0.374. The summed E-state index contributed by atoms with van der Waals surface area (Å²) in [6.45, 7) is 0. The molecule has 0 aliphatic rings. The van der Waals surface area contributed by atoms with Gasteiger partial charge in [-0.15, -0.1) is 11.4 Å². The predicted octanol–water partition coefficient (Wildman–Crippen LogP) is 0.775. The number of nitriles is 1. The van der Waals surface area contributed by atoms with Crippen molar-refractivity contribution in [1.29, 1.82) is 5.26 Å². The zero-order valence-corrected chi connectivity index (χ0v) is 5.51. The largest absolute Gasteiger partial charge is 0.193 e. The highest BCUT2D eigenvalue weighted by atomic mass is 32.7. The second kappa shape index (κ2) is 3.52. The van der Waals surface area contributed by atoms with Gasteiger partial charge in [0, 0.05) is 7.00 Å². The van der Waals surface area contributed by atoms with Crippen LogP contribution < -0.4 is 0 Å². The molecule has 1 atom stereocenters. The summed E-state index contributed by atoms with van der Waals surface area (Å²) in [5.74, 6) is 2.14. The smallest absolute Gasteiger partial charge is 0.166 e. The summed E-state index contributed by atoms with van der Waals surface area (Å²) in [7, 11) is 1.59. The zero-order chi connectivity index (χ0) is 4.99. The first kappa shape index (κ1) is 6.33. The van der Waals surface area contributed by atoms with Crippen LogP contribution in [0.1, 0.15) is 0 Å². The van der Waals surface area contributed by atoms with Crippen LogP contribution in [0.5, 0.6) is 0 Å². The summed E-state index contributed by atoms with van der Waals surface area (Å²) >= 11 is 1.63. The molecule has 0 fully saturated rings. The summed E-state index contributed by atoms with van der Waals surface area (Å²) in [5.41, 5.74) is 0. The molecule has 4 heteroatoms. The average Bonchev–Trinajstić information content (AvgIpc) is 1.65. The molecule has 0 aliphatic carbocycles. The molecule has 0 radical (unpaired) electrons. The Balaban J connectivity index is 3.04. The molecule has 0 heterocycles. The first-order valence-corrected chi connectivity index (χ1v) is 5.10. The minimum Gasteiger partial charge on any atom is -0.193 e. The number of hydrogen-bond donors (Lipinski definition) is 0. The van der Waals surface area contributed by atoms with E-state index in [1.54, 1.807) is 11.4 Å². The van der Waals surface area contributed by atoms with Crippen LogP contribution in [-0.2, 0) is 0 Å². The van der Waals surface area contributed by atoms with E-state index in [9.17, 15) is 0 Å². The molecule has 0 aliphatic heterocycles. The van der Waals surface area contributed by atoms with Gasteiger partial charge in [-0.2, -0.15) is 5.26 Å². The second-order valence-corrected chi connectivity index (χ2v) is 5.08. The number of hydrogen-bond acceptors (Lipinski definition) is 2. The molecule has 0 amide bonds. The summed E-state index contributed by atoms with van der Waals surface area (Å²) < 4.78 is 0. The highest BCUT2D eigenvalue weighted by Gasteiger charge is 1.88. The van der Waals surface area contributed by atoms with Gasteiger partial charge in [0.2, 0.25) is 0 Å². The predicted molar refractivity (Wildman–Crippen MR) is 34.6 cm³/mol. The Labute approximate surface area is 44.0 Å². The molecular formula is C2H5BNPS. The third-order valence-electron chi connectivity index (χ3n) is 0.415. The number of nitrogens with zero attached hydrogens (tertiary/aromatic N) is 1. The van der Waals surface area contributed by atoms with E-state index in [4.69, 9.17) is 5.26 Å². The van der Waals surface area contributed by atoms with Crippen molar-refractivity contribution >= 4 is 25.9 Å². The summed E-state index contributed by atoms with van der Waals surface area (Å²) in [4.78, 5) is 0. The molecule has 1 nitrogen and oxygen atoms in total. The first-order valence-electron chi connectivity index (χ1n) is 1.49. The fourth-order valence-corrected chi connectivity index (χ4v) is 0.367. The van der Waals surface area contributed by atoms with Crippen LogP contribution in [0.3, 0.4) is 0 Å². The highest BCUT2D eigenvalue weighted by molar-refractivity contribution is 8.63. The molecule has 0 saturated carbocycles. The molecule has 0 bridgehead atoms. The Morgan fingerprint density at radius 1 is 2.00 bits per heavy atom. The second-order valence-electron chi connectivity index (χ2n) is 0.780. The first-order chi connectivity index (χ1) is 2.81. The molecule has 0 aromatic heterocycles. The van der Waals surface area contributed by atoms with Crippen molar-refractivity contribution in [2.75, 3.05) is 6.26 Å². The third kappa shape index (κ3) is 2.57. The Bertz CT molecular complexity index is 70.4. The van der Waals surface area contributed by atoms with Crippen molar-refractivity contribution < 1.29 is 0 Å². The Kier molecular flexibility index (Phi) is 3.72. The molecule has 0 aromatic carbocycles. The van der Waals surface area contributed by atoms with Crippen molar-refractivity contribution in [3.05, 3.63) is 0 Å². The molecule has 32 valence electrons. The summed E-state index contributed by atoms with van der Waals surface area (Å²) in [5, 5.41) is 8.09. The van der Waals surface area contributed by atoms with E-state index >= 15 is 0 Å². The van der Waals surface area contributed by atoms with Crippen LogP contribution in [0.4, 0.5) is 0 Å². The van der Waals surface area contributed by atoms with Gasteiger partial charge in [-0.25, -0.2) is 0 Å². The molecule has 0 spiro atoms. The molecular weight excluding hydrogens is 112 g/mol. The van der Waals surface area contributed by atoms with Crippen molar-refractivity contribution in [2.24, 2.45) is 0 Å². The average molecular weight is 117 g/mol. The minimum atomic E-state index is -0.354. The van der Waals surface area contributed by atoms with Gasteiger partial charge in [-0.1, -0.05) is 0 Å². The van der Waals surface area contributed by atoms with Crippen molar-refractivity contribution in [3.63, 3.8) is 0 Å². The van der Waals surface area contributed by atoms with Crippen LogP contribution in [0.2, 0.25) is 0 Å². The number of rotatable bonds is 1. The minimum absolute atomic E-state index is 0.354. The SMILES string of the molecule is BP(C#N)SC. The Hall–Kier alpha value is 0.335. The van der Waals surface area contributed by atoms with Crippen molar-refractivity contribution in [2.45, 2.75) is 0 Å². The van der Waals surface area contributed by atoms with E-state index in [2.05, 4.69) is 5.81 Å². The van der Waals surface area contributed by atoms with E-state index in [-0.39, 0.29) is 7.00 Å². The molecule has 0 rings (SSSR count). The van der Waals surface area contributed by atoms with Gasteiger partial charge in [0.1, 0.15) is 0 Å². The van der Waals surface area contributed by atoms with Crippen LogP contribution in [0, 0.1) is 11.1 Å². The maximum atomic E-state index is 8.09. The summed E-state index contributed by atoms with van der Waals surface area (Å²) in [6.07, 6.45) is 1.95. The molecule has 0 aromatic rings. The van der Waals surface area contributed by atoms with Gasteiger partial charge in [-0.3, -0.25) is 0 Å². The maximum absolute atomic E-state index is 8.09. The van der Waals surface area contributed by atoms with Gasteiger partial charge >= 0.3 is 0 Å². The molecule has 6 heavy (non-hydrogen) atoms. The monoisotopic (exact) mass is 117 g/mol. The van der Waals surface area contributed by atoms with Crippen LogP contribution in [0.15, 0.2) is 0 Å². The Morgan fingerprint density at radius 3 is 2.50 bits per heavy atom. The summed E-state index contributed by atoms with van der Waals surface area (Å²) in [6, 6.07) is 0. The topological polar surface area (TPSA) is 23.8 Å². The van der Waals surface area contributed by atoms with Gasteiger partial charge in [-0.05, 0) is 6.26 Å². The van der Waals surface area contributed by atoms with E-state index < -0.39 is 0 Å². The van der Waals surface area contributed by atoms with Gasteiger partial charge < -0.3 is 0 Å². The van der Waals surface area contributed by atoms with Gasteiger partial charge in [0.25, 0.3) is 0 Å². The molecule has 1 unspecified atom stereocenters. The van der Waals surface area contributed by atoms with Crippen molar-refractivity contribution in [1.82, 2.24) is 0 Å². The molecule has 0 N–H and O–H groups in total. The normalized spacial score (nSPS) is 12.7. The van der Waals surface area contributed by atoms with Crippen LogP contribution >= 0.6 is 18.4 Å². The zero-order valence-electron chi connectivity index (χ0n) is 3.80. The lowest BCUT2D eigenvalue weighted by Crippen LogP contribution is -1.51. The fraction of sp³-hybridized carbons (Fsp3) is 0.500.